The Morgan fingerprint density at radius 3 is 2.62 bits per heavy atom. The van der Waals surface area contributed by atoms with Gasteiger partial charge in [0.05, 0.1) is 6.10 Å². The summed E-state index contributed by atoms with van der Waals surface area (Å²) in [6.45, 7) is 1.49. The fourth-order valence-electron chi connectivity index (χ4n) is 1.05. The SMILES string of the molecule is CC(O)C(=NO)c1cccc(O)c1. The maximum atomic E-state index is 9.18. The van der Waals surface area contributed by atoms with E-state index >= 15 is 0 Å². The van der Waals surface area contributed by atoms with Gasteiger partial charge in [-0.3, -0.25) is 0 Å². The number of aromatic hydroxyl groups is 1. The lowest BCUT2D eigenvalue weighted by atomic mass is 10.1. The summed E-state index contributed by atoms with van der Waals surface area (Å²) in [6.07, 6.45) is -0.869. The molecule has 1 atom stereocenters. The molecule has 13 heavy (non-hydrogen) atoms. The zero-order valence-electron chi connectivity index (χ0n) is 7.18. The van der Waals surface area contributed by atoms with Crippen molar-refractivity contribution in [2.24, 2.45) is 5.16 Å². The van der Waals surface area contributed by atoms with Crippen LogP contribution in [0.15, 0.2) is 29.4 Å². The molecule has 0 heterocycles. The van der Waals surface area contributed by atoms with E-state index < -0.39 is 6.10 Å². The van der Waals surface area contributed by atoms with Crippen molar-refractivity contribution in [1.82, 2.24) is 0 Å². The second-order valence-electron chi connectivity index (χ2n) is 2.71. The van der Waals surface area contributed by atoms with Gasteiger partial charge in [0.25, 0.3) is 0 Å². The van der Waals surface area contributed by atoms with Gasteiger partial charge >= 0.3 is 0 Å². The molecule has 0 saturated carbocycles. The molecule has 4 heteroatoms. The highest BCUT2D eigenvalue weighted by molar-refractivity contribution is 6.03. The summed E-state index contributed by atoms with van der Waals surface area (Å²) in [5, 5.41) is 29.8. The van der Waals surface area contributed by atoms with Crippen LogP contribution in [-0.2, 0) is 0 Å². The van der Waals surface area contributed by atoms with Gasteiger partial charge in [-0.25, -0.2) is 0 Å². The molecule has 70 valence electrons. The lowest BCUT2D eigenvalue weighted by molar-refractivity contribution is 0.248. The summed E-state index contributed by atoms with van der Waals surface area (Å²) in [6, 6.07) is 6.17. The molecule has 0 amide bonds. The van der Waals surface area contributed by atoms with Gasteiger partial charge in [-0.2, -0.15) is 0 Å². The number of hydrogen-bond donors (Lipinski definition) is 3. The first kappa shape index (κ1) is 9.54. The Bertz CT molecular complexity index is 320. The van der Waals surface area contributed by atoms with Crippen LogP contribution in [-0.4, -0.2) is 27.2 Å². The minimum Gasteiger partial charge on any atom is -0.508 e. The van der Waals surface area contributed by atoms with E-state index in [0.717, 1.165) is 0 Å². The number of phenols is 1. The van der Waals surface area contributed by atoms with Crippen molar-refractivity contribution >= 4 is 5.71 Å². The summed E-state index contributed by atoms with van der Waals surface area (Å²) in [7, 11) is 0. The van der Waals surface area contributed by atoms with Crippen molar-refractivity contribution in [3.63, 3.8) is 0 Å². The van der Waals surface area contributed by atoms with Gasteiger partial charge in [0.2, 0.25) is 0 Å². The Labute approximate surface area is 75.8 Å². The minimum atomic E-state index is -0.869. The monoisotopic (exact) mass is 181 g/mol. The summed E-state index contributed by atoms with van der Waals surface area (Å²) >= 11 is 0. The van der Waals surface area contributed by atoms with Gasteiger partial charge < -0.3 is 15.4 Å². The molecule has 1 unspecified atom stereocenters. The molecule has 4 nitrogen and oxygen atoms in total. The van der Waals surface area contributed by atoms with Gasteiger partial charge in [-0.05, 0) is 19.1 Å². The highest BCUT2D eigenvalue weighted by atomic mass is 16.4. The van der Waals surface area contributed by atoms with Gasteiger partial charge in [0.1, 0.15) is 11.5 Å². The Balaban J connectivity index is 3.06. The van der Waals surface area contributed by atoms with Gasteiger partial charge in [0.15, 0.2) is 0 Å². The Morgan fingerprint density at radius 1 is 1.46 bits per heavy atom. The largest absolute Gasteiger partial charge is 0.508 e. The predicted molar refractivity (Wildman–Crippen MR) is 48.1 cm³/mol. The number of oxime groups is 1. The van der Waals surface area contributed by atoms with Crippen molar-refractivity contribution in [2.75, 3.05) is 0 Å². The van der Waals surface area contributed by atoms with Crippen molar-refractivity contribution < 1.29 is 15.4 Å². The molecule has 0 aliphatic rings. The lowest BCUT2D eigenvalue weighted by Gasteiger charge is -2.06. The normalized spacial score (nSPS) is 14.2. The molecule has 0 spiro atoms. The van der Waals surface area contributed by atoms with E-state index in [2.05, 4.69) is 5.16 Å². The first-order chi connectivity index (χ1) is 6.15. The van der Waals surface area contributed by atoms with Crippen LogP contribution in [0.4, 0.5) is 0 Å². The first-order valence-corrected chi connectivity index (χ1v) is 3.84. The summed E-state index contributed by atoms with van der Waals surface area (Å²) < 4.78 is 0. The molecule has 0 bridgehead atoms. The molecule has 0 saturated heterocycles. The van der Waals surface area contributed by atoms with E-state index in [-0.39, 0.29) is 11.5 Å². The van der Waals surface area contributed by atoms with Crippen LogP contribution in [0.25, 0.3) is 0 Å². The summed E-state index contributed by atoms with van der Waals surface area (Å²) in [5.74, 6) is 0.0688. The highest BCUT2D eigenvalue weighted by Crippen LogP contribution is 2.13. The smallest absolute Gasteiger partial charge is 0.116 e. The first-order valence-electron chi connectivity index (χ1n) is 3.84. The third kappa shape index (κ3) is 2.19. The van der Waals surface area contributed by atoms with E-state index in [9.17, 15) is 5.11 Å². The van der Waals surface area contributed by atoms with Crippen molar-refractivity contribution in [3.8, 4) is 5.75 Å². The number of rotatable bonds is 2. The minimum absolute atomic E-state index is 0.0688. The third-order valence-electron chi connectivity index (χ3n) is 1.65. The summed E-state index contributed by atoms with van der Waals surface area (Å²) in [4.78, 5) is 0. The number of aliphatic hydroxyl groups is 1. The highest BCUT2D eigenvalue weighted by Gasteiger charge is 2.10. The number of phenolic OH excluding ortho intramolecular Hbond substituents is 1. The molecule has 0 aliphatic heterocycles. The number of aliphatic hydroxyl groups excluding tert-OH is 1. The molecular weight excluding hydrogens is 170 g/mol. The second-order valence-corrected chi connectivity index (χ2v) is 2.71. The van der Waals surface area contributed by atoms with Crippen LogP contribution in [0.5, 0.6) is 5.75 Å². The van der Waals surface area contributed by atoms with Gasteiger partial charge in [-0.15, -0.1) is 0 Å². The molecule has 1 aromatic rings. The van der Waals surface area contributed by atoms with E-state index in [1.165, 1.54) is 19.1 Å². The second kappa shape index (κ2) is 3.91. The third-order valence-corrected chi connectivity index (χ3v) is 1.65. The van der Waals surface area contributed by atoms with Crippen LogP contribution in [0.1, 0.15) is 12.5 Å². The summed E-state index contributed by atoms with van der Waals surface area (Å²) in [5.41, 5.74) is 0.633. The number of hydrogen-bond acceptors (Lipinski definition) is 4. The zero-order valence-corrected chi connectivity index (χ0v) is 7.18. The fourth-order valence-corrected chi connectivity index (χ4v) is 1.05. The molecule has 3 N–H and O–H groups in total. The average Bonchev–Trinajstić information content (AvgIpc) is 2.04. The number of nitrogens with zero attached hydrogens (tertiary/aromatic N) is 1. The van der Waals surface area contributed by atoms with E-state index in [1.54, 1.807) is 12.1 Å². The van der Waals surface area contributed by atoms with Crippen LogP contribution in [0.3, 0.4) is 0 Å². The van der Waals surface area contributed by atoms with Crippen LogP contribution >= 0.6 is 0 Å². The van der Waals surface area contributed by atoms with Crippen LogP contribution in [0.2, 0.25) is 0 Å². The van der Waals surface area contributed by atoms with Crippen molar-refractivity contribution in [1.29, 1.82) is 0 Å². The average molecular weight is 181 g/mol. The predicted octanol–water partition coefficient (Wildman–Crippen LogP) is 0.951. The van der Waals surface area contributed by atoms with Gasteiger partial charge in [0, 0.05) is 5.56 Å². The van der Waals surface area contributed by atoms with E-state index in [4.69, 9.17) is 10.3 Å². The van der Waals surface area contributed by atoms with Crippen molar-refractivity contribution in [3.05, 3.63) is 29.8 Å². The van der Waals surface area contributed by atoms with Crippen molar-refractivity contribution in [2.45, 2.75) is 13.0 Å². The number of benzene rings is 1. The van der Waals surface area contributed by atoms with E-state index in [1.807, 2.05) is 0 Å². The Hall–Kier alpha value is -1.55. The molecule has 0 aliphatic carbocycles. The van der Waals surface area contributed by atoms with Gasteiger partial charge in [-0.1, -0.05) is 17.3 Å². The molecule has 0 aromatic heterocycles. The standard InChI is InChI=1S/C9H11NO3/c1-6(11)9(10-13)7-3-2-4-8(12)5-7/h2-6,11-13H,1H3. The Morgan fingerprint density at radius 2 is 2.15 bits per heavy atom. The molecule has 0 fully saturated rings. The molecular formula is C9H11NO3. The molecule has 1 rings (SSSR count). The Kier molecular flexibility index (Phi) is 2.87. The van der Waals surface area contributed by atoms with E-state index in [0.29, 0.717) is 5.56 Å². The quantitative estimate of drug-likeness (QED) is 0.361. The zero-order chi connectivity index (χ0) is 9.84. The maximum absolute atomic E-state index is 9.18. The molecule has 1 aromatic carbocycles. The van der Waals surface area contributed by atoms with Crippen LogP contribution in [0, 0.1) is 0 Å². The fraction of sp³-hybridized carbons (Fsp3) is 0.222. The molecule has 0 radical (unpaired) electrons. The lowest BCUT2D eigenvalue weighted by Crippen LogP contribution is -2.17. The maximum Gasteiger partial charge on any atom is 0.116 e. The topological polar surface area (TPSA) is 73.1 Å². The van der Waals surface area contributed by atoms with Crippen LogP contribution < -0.4 is 0 Å².